The molecule has 2 saturated heterocycles. The SMILES string of the molecule is O=C(c1cc(Cl)ccc1I)N1CCC(C2OCCO2)CC1. The first-order valence-electron chi connectivity index (χ1n) is 7.12. The van der Waals surface area contributed by atoms with Gasteiger partial charge in [-0.2, -0.15) is 0 Å². The van der Waals surface area contributed by atoms with Crippen molar-refractivity contribution in [3.8, 4) is 0 Å². The molecule has 0 atom stereocenters. The van der Waals surface area contributed by atoms with Crippen LogP contribution >= 0.6 is 34.2 Å². The van der Waals surface area contributed by atoms with Gasteiger partial charge in [0.05, 0.1) is 18.8 Å². The number of piperidine rings is 1. The van der Waals surface area contributed by atoms with Crippen LogP contribution < -0.4 is 0 Å². The molecule has 0 bridgehead atoms. The van der Waals surface area contributed by atoms with E-state index in [1.807, 2.05) is 11.0 Å². The van der Waals surface area contributed by atoms with Gasteiger partial charge in [-0.25, -0.2) is 0 Å². The molecule has 2 heterocycles. The van der Waals surface area contributed by atoms with Crippen molar-refractivity contribution in [2.24, 2.45) is 5.92 Å². The Labute approximate surface area is 142 Å². The summed E-state index contributed by atoms with van der Waals surface area (Å²) in [5.74, 6) is 0.462. The number of halogens is 2. The molecule has 0 N–H and O–H groups in total. The lowest BCUT2D eigenvalue weighted by Gasteiger charge is -2.34. The molecule has 1 aromatic carbocycles. The van der Waals surface area contributed by atoms with E-state index in [0.717, 1.165) is 29.5 Å². The Bertz CT molecular complexity index is 526. The minimum absolute atomic E-state index is 0.0635. The van der Waals surface area contributed by atoms with Gasteiger partial charge in [-0.3, -0.25) is 4.79 Å². The summed E-state index contributed by atoms with van der Waals surface area (Å²) in [5, 5.41) is 0.599. The summed E-state index contributed by atoms with van der Waals surface area (Å²) in [4.78, 5) is 14.5. The number of benzene rings is 1. The molecule has 0 radical (unpaired) electrons. The molecule has 1 amide bonds. The smallest absolute Gasteiger partial charge is 0.254 e. The first-order valence-corrected chi connectivity index (χ1v) is 8.58. The van der Waals surface area contributed by atoms with E-state index in [2.05, 4.69) is 22.6 Å². The Kier molecular flexibility index (Phi) is 5.03. The fourth-order valence-electron chi connectivity index (χ4n) is 2.86. The Morgan fingerprint density at radius 2 is 1.90 bits per heavy atom. The first-order chi connectivity index (χ1) is 10.1. The maximum Gasteiger partial charge on any atom is 0.254 e. The average Bonchev–Trinajstić information content (AvgIpc) is 3.03. The van der Waals surface area contributed by atoms with Crippen LogP contribution in [0.4, 0.5) is 0 Å². The molecule has 114 valence electrons. The number of carbonyl (C=O) groups is 1. The summed E-state index contributed by atoms with van der Waals surface area (Å²) in [6.07, 6.45) is 1.77. The Balaban J connectivity index is 1.63. The number of hydrogen-bond donors (Lipinski definition) is 0. The molecule has 21 heavy (non-hydrogen) atoms. The topological polar surface area (TPSA) is 38.8 Å². The fourth-order valence-corrected chi connectivity index (χ4v) is 3.59. The highest BCUT2D eigenvalue weighted by atomic mass is 127. The number of amides is 1. The highest BCUT2D eigenvalue weighted by Gasteiger charge is 2.32. The third-order valence-corrected chi connectivity index (χ3v) is 5.19. The van der Waals surface area contributed by atoms with E-state index >= 15 is 0 Å². The van der Waals surface area contributed by atoms with E-state index in [9.17, 15) is 4.79 Å². The number of hydrogen-bond acceptors (Lipinski definition) is 3. The summed E-state index contributed by atoms with van der Waals surface area (Å²) < 4.78 is 12.1. The summed E-state index contributed by atoms with van der Waals surface area (Å²) >= 11 is 8.18. The van der Waals surface area contributed by atoms with Crippen LogP contribution in [-0.4, -0.2) is 43.4 Å². The second kappa shape index (κ2) is 6.81. The molecule has 1 aromatic rings. The molecule has 0 aliphatic carbocycles. The predicted octanol–water partition coefficient (Wildman–Crippen LogP) is 3.17. The minimum Gasteiger partial charge on any atom is -0.350 e. The number of ether oxygens (including phenoxy) is 2. The molecule has 6 heteroatoms. The van der Waals surface area contributed by atoms with Gasteiger partial charge < -0.3 is 14.4 Å². The van der Waals surface area contributed by atoms with Crippen LogP contribution in [0, 0.1) is 9.49 Å². The number of carbonyl (C=O) groups excluding carboxylic acids is 1. The van der Waals surface area contributed by atoms with E-state index < -0.39 is 0 Å². The van der Waals surface area contributed by atoms with Gasteiger partial charge in [0.1, 0.15) is 0 Å². The maximum absolute atomic E-state index is 12.6. The standard InChI is InChI=1S/C15H17ClINO3/c16-11-1-2-13(17)12(9-11)14(19)18-5-3-10(4-6-18)15-20-7-8-21-15/h1-2,9-10,15H,3-8H2. The van der Waals surface area contributed by atoms with E-state index in [-0.39, 0.29) is 12.2 Å². The van der Waals surface area contributed by atoms with E-state index in [1.165, 1.54) is 0 Å². The maximum atomic E-state index is 12.6. The van der Waals surface area contributed by atoms with Crippen LogP contribution in [0.15, 0.2) is 18.2 Å². The first kappa shape index (κ1) is 15.5. The van der Waals surface area contributed by atoms with Gasteiger partial charge >= 0.3 is 0 Å². The lowest BCUT2D eigenvalue weighted by Crippen LogP contribution is -2.41. The quantitative estimate of drug-likeness (QED) is 0.689. The summed E-state index contributed by atoms with van der Waals surface area (Å²) in [6, 6.07) is 5.44. The number of rotatable bonds is 2. The average molecular weight is 422 g/mol. The van der Waals surface area contributed by atoms with Crippen molar-refractivity contribution in [3.63, 3.8) is 0 Å². The van der Waals surface area contributed by atoms with Gasteiger partial charge in [-0.05, 0) is 53.6 Å². The van der Waals surface area contributed by atoms with Crippen LogP contribution in [0.3, 0.4) is 0 Å². The number of likely N-dealkylation sites (tertiary alicyclic amines) is 1. The van der Waals surface area contributed by atoms with Crippen LogP contribution in [0.1, 0.15) is 23.2 Å². The summed E-state index contributed by atoms with van der Waals surface area (Å²) in [7, 11) is 0. The summed E-state index contributed by atoms with van der Waals surface area (Å²) in [6.45, 7) is 2.86. The largest absolute Gasteiger partial charge is 0.350 e. The fraction of sp³-hybridized carbons (Fsp3) is 0.533. The van der Waals surface area contributed by atoms with E-state index in [4.69, 9.17) is 21.1 Å². The van der Waals surface area contributed by atoms with Gasteiger partial charge in [0, 0.05) is 27.6 Å². The molecule has 2 fully saturated rings. The van der Waals surface area contributed by atoms with Crippen molar-refractivity contribution in [1.29, 1.82) is 0 Å². The van der Waals surface area contributed by atoms with E-state index in [0.29, 0.717) is 29.7 Å². The zero-order valence-corrected chi connectivity index (χ0v) is 14.5. The van der Waals surface area contributed by atoms with Crippen molar-refractivity contribution in [1.82, 2.24) is 4.90 Å². The molecule has 2 aliphatic rings. The van der Waals surface area contributed by atoms with Crippen molar-refractivity contribution >= 4 is 40.1 Å². The van der Waals surface area contributed by atoms with Crippen LogP contribution in [-0.2, 0) is 9.47 Å². The highest BCUT2D eigenvalue weighted by Crippen LogP contribution is 2.27. The molecule has 0 unspecified atom stereocenters. The highest BCUT2D eigenvalue weighted by molar-refractivity contribution is 14.1. The lowest BCUT2D eigenvalue weighted by molar-refractivity contribution is -0.0956. The Hall–Kier alpha value is -0.370. The van der Waals surface area contributed by atoms with Crippen molar-refractivity contribution in [3.05, 3.63) is 32.4 Å². The third-order valence-electron chi connectivity index (χ3n) is 4.02. The van der Waals surface area contributed by atoms with Crippen molar-refractivity contribution in [2.45, 2.75) is 19.1 Å². The van der Waals surface area contributed by atoms with Gasteiger partial charge in [-0.1, -0.05) is 11.6 Å². The zero-order chi connectivity index (χ0) is 14.8. The van der Waals surface area contributed by atoms with Gasteiger partial charge in [0.25, 0.3) is 5.91 Å². The number of nitrogens with zero attached hydrogens (tertiary/aromatic N) is 1. The lowest BCUT2D eigenvalue weighted by atomic mass is 9.95. The Morgan fingerprint density at radius 1 is 1.24 bits per heavy atom. The van der Waals surface area contributed by atoms with Crippen LogP contribution in [0.2, 0.25) is 5.02 Å². The zero-order valence-electron chi connectivity index (χ0n) is 11.6. The molecular weight excluding hydrogens is 405 g/mol. The van der Waals surface area contributed by atoms with Crippen LogP contribution in [0.25, 0.3) is 0 Å². The van der Waals surface area contributed by atoms with Crippen molar-refractivity contribution < 1.29 is 14.3 Å². The molecule has 2 aliphatic heterocycles. The molecule has 3 rings (SSSR count). The third kappa shape index (κ3) is 3.52. The molecule has 0 spiro atoms. The van der Waals surface area contributed by atoms with Gasteiger partial charge in [0.2, 0.25) is 0 Å². The molecule has 0 aromatic heterocycles. The second-order valence-electron chi connectivity index (χ2n) is 5.36. The molecule has 0 saturated carbocycles. The molecule has 4 nitrogen and oxygen atoms in total. The molecular formula is C15H17ClINO3. The predicted molar refractivity (Wildman–Crippen MR) is 88.5 cm³/mol. The monoisotopic (exact) mass is 421 g/mol. The van der Waals surface area contributed by atoms with Crippen molar-refractivity contribution in [2.75, 3.05) is 26.3 Å². The summed E-state index contributed by atoms with van der Waals surface area (Å²) in [5.41, 5.74) is 0.690. The van der Waals surface area contributed by atoms with Gasteiger partial charge in [0.15, 0.2) is 6.29 Å². The van der Waals surface area contributed by atoms with Gasteiger partial charge in [-0.15, -0.1) is 0 Å². The second-order valence-corrected chi connectivity index (χ2v) is 6.96. The van der Waals surface area contributed by atoms with E-state index in [1.54, 1.807) is 12.1 Å². The van der Waals surface area contributed by atoms with Crippen LogP contribution in [0.5, 0.6) is 0 Å². The Morgan fingerprint density at radius 3 is 2.57 bits per heavy atom. The normalized spacial score (nSPS) is 21.0. The minimum atomic E-state index is -0.0754.